The molecule has 0 bridgehead atoms. The zero-order valence-corrected chi connectivity index (χ0v) is 11.8. The zero-order chi connectivity index (χ0) is 13.2. The minimum Gasteiger partial charge on any atom is -0.493 e. The highest BCUT2D eigenvalue weighted by molar-refractivity contribution is 6.20. The maximum Gasteiger partial charge on any atom is 0.122 e. The van der Waals surface area contributed by atoms with Crippen LogP contribution in [0.2, 0.25) is 0 Å². The summed E-state index contributed by atoms with van der Waals surface area (Å²) in [7, 11) is 0. The third-order valence-electron chi connectivity index (χ3n) is 3.61. The molecule has 1 nitrogen and oxygen atoms in total. The Balaban J connectivity index is 1.76. The van der Waals surface area contributed by atoms with Crippen LogP contribution in [-0.4, -0.2) is 6.61 Å². The molecule has 1 heterocycles. The van der Waals surface area contributed by atoms with Gasteiger partial charge >= 0.3 is 0 Å². The Kier molecular flexibility index (Phi) is 3.48. The van der Waals surface area contributed by atoms with Gasteiger partial charge in [-0.05, 0) is 36.1 Å². The molecule has 1 aliphatic rings. The molecule has 2 heteroatoms. The third kappa shape index (κ3) is 2.76. The molecule has 1 unspecified atom stereocenters. The minimum absolute atomic E-state index is 0.0219. The number of halogens is 1. The van der Waals surface area contributed by atoms with E-state index in [2.05, 4.69) is 43.3 Å². The van der Waals surface area contributed by atoms with Crippen LogP contribution in [0.1, 0.15) is 27.6 Å². The Morgan fingerprint density at radius 3 is 2.74 bits per heavy atom. The molecule has 0 aliphatic carbocycles. The number of benzene rings is 2. The lowest BCUT2D eigenvalue weighted by atomic mass is 10.0. The number of ether oxygens (including phenoxy) is 1. The van der Waals surface area contributed by atoms with Crippen molar-refractivity contribution in [2.45, 2.75) is 25.1 Å². The van der Waals surface area contributed by atoms with Gasteiger partial charge in [-0.3, -0.25) is 0 Å². The number of aryl methyl sites for hydroxylation is 1. The summed E-state index contributed by atoms with van der Waals surface area (Å²) in [5.41, 5.74) is 5.03. The predicted molar refractivity (Wildman–Crippen MR) is 79.1 cm³/mol. The molecule has 0 fully saturated rings. The van der Waals surface area contributed by atoms with E-state index in [1.807, 2.05) is 6.07 Å². The van der Waals surface area contributed by atoms with Gasteiger partial charge < -0.3 is 4.74 Å². The number of hydrogen-bond donors (Lipinski definition) is 0. The van der Waals surface area contributed by atoms with E-state index in [1.165, 1.54) is 22.3 Å². The molecule has 0 amide bonds. The van der Waals surface area contributed by atoms with Crippen LogP contribution in [0.15, 0.2) is 42.5 Å². The third-order valence-corrected chi connectivity index (χ3v) is 4.02. The standard InChI is InChI=1S/C17H17ClO/c1-12-2-4-13(5-3-12)10-16(18)14-6-7-17-15(11-14)8-9-19-17/h2-7,11,16H,8-10H2,1H3. The van der Waals surface area contributed by atoms with E-state index in [1.54, 1.807) is 0 Å². The van der Waals surface area contributed by atoms with E-state index < -0.39 is 0 Å². The minimum atomic E-state index is 0.0219. The van der Waals surface area contributed by atoms with Gasteiger partial charge in [0.2, 0.25) is 0 Å². The van der Waals surface area contributed by atoms with Gasteiger partial charge in [0.1, 0.15) is 5.75 Å². The maximum atomic E-state index is 6.54. The van der Waals surface area contributed by atoms with Gasteiger partial charge in [-0.15, -0.1) is 11.6 Å². The molecule has 2 aromatic rings. The number of hydrogen-bond acceptors (Lipinski definition) is 1. The van der Waals surface area contributed by atoms with E-state index in [4.69, 9.17) is 16.3 Å². The Morgan fingerprint density at radius 2 is 1.95 bits per heavy atom. The highest BCUT2D eigenvalue weighted by atomic mass is 35.5. The summed E-state index contributed by atoms with van der Waals surface area (Å²) >= 11 is 6.54. The van der Waals surface area contributed by atoms with Crippen LogP contribution in [0.4, 0.5) is 0 Å². The number of alkyl halides is 1. The summed E-state index contributed by atoms with van der Waals surface area (Å²) in [5.74, 6) is 1.02. The van der Waals surface area contributed by atoms with Crippen molar-refractivity contribution in [3.05, 3.63) is 64.7 Å². The van der Waals surface area contributed by atoms with Crippen molar-refractivity contribution in [3.8, 4) is 5.75 Å². The topological polar surface area (TPSA) is 9.23 Å². The van der Waals surface area contributed by atoms with Crippen LogP contribution in [0.5, 0.6) is 5.75 Å². The second-order valence-electron chi connectivity index (χ2n) is 5.12. The van der Waals surface area contributed by atoms with Gasteiger partial charge in [-0.25, -0.2) is 0 Å². The van der Waals surface area contributed by atoms with Crippen molar-refractivity contribution in [2.75, 3.05) is 6.61 Å². The second kappa shape index (κ2) is 5.26. The SMILES string of the molecule is Cc1ccc(CC(Cl)c2ccc3c(c2)CCO3)cc1. The molecule has 98 valence electrons. The Bertz CT molecular complexity index is 574. The predicted octanol–water partition coefficient (Wildman–Crippen LogP) is 4.45. The molecule has 0 saturated carbocycles. The van der Waals surface area contributed by atoms with E-state index in [-0.39, 0.29) is 5.38 Å². The summed E-state index contributed by atoms with van der Waals surface area (Å²) < 4.78 is 5.52. The van der Waals surface area contributed by atoms with Crippen molar-refractivity contribution >= 4 is 11.6 Å². The van der Waals surface area contributed by atoms with Crippen molar-refractivity contribution in [2.24, 2.45) is 0 Å². The highest BCUT2D eigenvalue weighted by Crippen LogP contribution is 2.32. The Hall–Kier alpha value is -1.47. The Morgan fingerprint density at radius 1 is 1.16 bits per heavy atom. The average molecular weight is 273 g/mol. The van der Waals surface area contributed by atoms with Crippen LogP contribution in [-0.2, 0) is 12.8 Å². The Labute approximate surface area is 119 Å². The summed E-state index contributed by atoms with van der Waals surface area (Å²) in [6.07, 6.45) is 1.86. The molecular weight excluding hydrogens is 256 g/mol. The molecule has 0 spiro atoms. The van der Waals surface area contributed by atoms with E-state index in [0.29, 0.717) is 0 Å². The van der Waals surface area contributed by atoms with Crippen molar-refractivity contribution in [3.63, 3.8) is 0 Å². The second-order valence-corrected chi connectivity index (χ2v) is 5.65. The molecule has 3 rings (SSSR count). The lowest BCUT2D eigenvalue weighted by Crippen LogP contribution is -1.96. The van der Waals surface area contributed by atoms with Crippen molar-refractivity contribution < 1.29 is 4.74 Å². The molecule has 19 heavy (non-hydrogen) atoms. The molecule has 1 aliphatic heterocycles. The van der Waals surface area contributed by atoms with Crippen LogP contribution in [0.3, 0.4) is 0 Å². The van der Waals surface area contributed by atoms with Crippen LogP contribution in [0.25, 0.3) is 0 Å². The fourth-order valence-electron chi connectivity index (χ4n) is 2.45. The molecule has 0 aromatic heterocycles. The first-order valence-electron chi connectivity index (χ1n) is 6.67. The lowest BCUT2D eigenvalue weighted by molar-refractivity contribution is 0.357. The maximum absolute atomic E-state index is 6.54. The highest BCUT2D eigenvalue weighted by Gasteiger charge is 2.15. The fraction of sp³-hybridized carbons (Fsp3) is 0.294. The van der Waals surface area contributed by atoms with Gasteiger partial charge in [0, 0.05) is 6.42 Å². The molecule has 1 atom stereocenters. The van der Waals surface area contributed by atoms with Gasteiger partial charge in [0.25, 0.3) is 0 Å². The molecule has 0 saturated heterocycles. The number of rotatable bonds is 3. The van der Waals surface area contributed by atoms with Gasteiger partial charge in [0.05, 0.1) is 12.0 Å². The van der Waals surface area contributed by atoms with E-state index >= 15 is 0 Å². The molecule has 0 radical (unpaired) electrons. The van der Waals surface area contributed by atoms with Crippen molar-refractivity contribution in [1.82, 2.24) is 0 Å². The largest absolute Gasteiger partial charge is 0.493 e. The summed E-state index contributed by atoms with van der Waals surface area (Å²) in [4.78, 5) is 0. The first kappa shape index (κ1) is 12.6. The van der Waals surface area contributed by atoms with Gasteiger partial charge in [-0.2, -0.15) is 0 Å². The quantitative estimate of drug-likeness (QED) is 0.750. The lowest BCUT2D eigenvalue weighted by Gasteiger charge is -2.11. The molecular formula is C17H17ClO. The van der Waals surface area contributed by atoms with Crippen molar-refractivity contribution in [1.29, 1.82) is 0 Å². The van der Waals surface area contributed by atoms with Gasteiger partial charge in [-0.1, -0.05) is 42.0 Å². The smallest absolute Gasteiger partial charge is 0.122 e. The molecule has 2 aromatic carbocycles. The monoisotopic (exact) mass is 272 g/mol. The van der Waals surface area contributed by atoms with Gasteiger partial charge in [0.15, 0.2) is 0 Å². The van der Waals surface area contributed by atoms with Crippen LogP contribution >= 0.6 is 11.6 Å². The first-order chi connectivity index (χ1) is 9.22. The van der Waals surface area contributed by atoms with E-state index in [9.17, 15) is 0 Å². The average Bonchev–Trinajstić information content (AvgIpc) is 2.88. The normalized spacial score (nSPS) is 14.8. The summed E-state index contributed by atoms with van der Waals surface area (Å²) in [6.45, 7) is 2.89. The number of fused-ring (bicyclic) bond motifs is 1. The van der Waals surface area contributed by atoms with Crippen LogP contribution < -0.4 is 4.74 Å². The summed E-state index contributed by atoms with van der Waals surface area (Å²) in [6, 6.07) is 14.9. The van der Waals surface area contributed by atoms with E-state index in [0.717, 1.165) is 25.2 Å². The summed E-state index contributed by atoms with van der Waals surface area (Å²) in [5, 5.41) is 0.0219. The zero-order valence-electron chi connectivity index (χ0n) is 11.0. The first-order valence-corrected chi connectivity index (χ1v) is 7.11. The molecule has 0 N–H and O–H groups in total. The fourth-order valence-corrected chi connectivity index (χ4v) is 2.76. The van der Waals surface area contributed by atoms with Crippen LogP contribution in [0, 0.1) is 6.92 Å².